The number of sulfonamides is 1. The van der Waals surface area contributed by atoms with E-state index in [4.69, 9.17) is 4.74 Å². The van der Waals surface area contributed by atoms with E-state index in [1.807, 2.05) is 0 Å². The Bertz CT molecular complexity index is 944. The van der Waals surface area contributed by atoms with Gasteiger partial charge in [0.15, 0.2) is 6.54 Å². The van der Waals surface area contributed by atoms with Gasteiger partial charge in [0.25, 0.3) is 5.91 Å². The van der Waals surface area contributed by atoms with E-state index in [0.717, 1.165) is 11.0 Å². The van der Waals surface area contributed by atoms with Crippen molar-refractivity contribution in [2.75, 3.05) is 45.2 Å². The molecule has 0 saturated carbocycles. The number of methoxy groups -OCH3 is 1. The van der Waals surface area contributed by atoms with Crippen LogP contribution in [0.15, 0.2) is 53.4 Å². The predicted octanol–water partition coefficient (Wildman–Crippen LogP) is 0.362. The van der Waals surface area contributed by atoms with Crippen LogP contribution in [0.1, 0.15) is 0 Å². The lowest BCUT2D eigenvalue weighted by atomic mass is 10.3. The molecule has 1 heterocycles. The first-order valence-corrected chi connectivity index (χ1v) is 10.4. The Labute approximate surface area is 163 Å². The molecule has 1 amide bonds. The van der Waals surface area contributed by atoms with Crippen LogP contribution in [0.3, 0.4) is 0 Å². The summed E-state index contributed by atoms with van der Waals surface area (Å²) in [5.41, 5.74) is 0.649. The second kappa shape index (κ2) is 8.68. The van der Waals surface area contributed by atoms with Crippen LogP contribution < -0.4 is 15.0 Å². The van der Waals surface area contributed by atoms with Crippen molar-refractivity contribution in [3.05, 3.63) is 54.3 Å². The topological polar surface area (TPSA) is 80.2 Å². The molecule has 7 nitrogen and oxygen atoms in total. The summed E-state index contributed by atoms with van der Waals surface area (Å²) >= 11 is 0. The Morgan fingerprint density at radius 2 is 1.89 bits per heavy atom. The molecule has 2 N–H and O–H groups in total. The first-order valence-electron chi connectivity index (χ1n) is 8.91. The van der Waals surface area contributed by atoms with Gasteiger partial charge in [0, 0.05) is 11.8 Å². The molecule has 1 aliphatic rings. The molecule has 3 rings (SSSR count). The van der Waals surface area contributed by atoms with Gasteiger partial charge in [-0.3, -0.25) is 4.79 Å². The van der Waals surface area contributed by atoms with Gasteiger partial charge in [-0.1, -0.05) is 12.1 Å². The molecule has 0 aromatic heterocycles. The van der Waals surface area contributed by atoms with Crippen LogP contribution in [-0.4, -0.2) is 58.5 Å². The molecule has 2 aromatic rings. The number of nitrogens with zero attached hydrogens (tertiary/aromatic N) is 1. The highest BCUT2D eigenvalue weighted by molar-refractivity contribution is 7.89. The summed E-state index contributed by atoms with van der Waals surface area (Å²) in [6.45, 7) is 1.80. The number of ether oxygens (including phenoxy) is 1. The normalized spacial score (nSPS) is 15.9. The number of halogens is 1. The molecule has 0 spiro atoms. The van der Waals surface area contributed by atoms with E-state index >= 15 is 0 Å². The Balaban J connectivity index is 1.54. The fourth-order valence-electron chi connectivity index (χ4n) is 3.13. The van der Waals surface area contributed by atoms with Crippen molar-refractivity contribution in [3.8, 4) is 5.75 Å². The van der Waals surface area contributed by atoms with Crippen LogP contribution in [-0.2, 0) is 14.8 Å². The predicted molar refractivity (Wildman–Crippen MR) is 102 cm³/mol. The minimum atomic E-state index is -3.73. The van der Waals surface area contributed by atoms with Crippen LogP contribution in [0.2, 0.25) is 0 Å². The van der Waals surface area contributed by atoms with E-state index in [2.05, 4.69) is 5.32 Å². The van der Waals surface area contributed by atoms with Crippen molar-refractivity contribution in [2.24, 2.45) is 0 Å². The fraction of sp³-hybridized carbons (Fsp3) is 0.316. The Morgan fingerprint density at radius 1 is 1.18 bits per heavy atom. The van der Waals surface area contributed by atoms with E-state index in [1.165, 1.54) is 22.5 Å². The summed E-state index contributed by atoms with van der Waals surface area (Å²) in [7, 11) is -2.17. The van der Waals surface area contributed by atoms with Crippen LogP contribution in [0.25, 0.3) is 0 Å². The van der Waals surface area contributed by atoms with Gasteiger partial charge in [0.1, 0.15) is 11.6 Å². The lowest BCUT2D eigenvalue weighted by Gasteiger charge is -2.31. The average molecular weight is 408 g/mol. The van der Waals surface area contributed by atoms with Crippen molar-refractivity contribution in [3.63, 3.8) is 0 Å². The molecular formula is C19H23FN3O4S+. The number of carbonyl (C=O) groups excluding carboxylic acids is 1. The maximum absolute atomic E-state index is 13.4. The summed E-state index contributed by atoms with van der Waals surface area (Å²) in [5, 5.41) is 2.82. The molecule has 0 atom stereocenters. The summed E-state index contributed by atoms with van der Waals surface area (Å²) in [6, 6.07) is 12.1. The molecule has 1 saturated heterocycles. The van der Waals surface area contributed by atoms with Crippen LogP contribution in [0.5, 0.6) is 5.75 Å². The monoisotopic (exact) mass is 408 g/mol. The van der Waals surface area contributed by atoms with E-state index < -0.39 is 15.8 Å². The van der Waals surface area contributed by atoms with Gasteiger partial charge in [0.05, 0.1) is 38.2 Å². The molecule has 28 heavy (non-hydrogen) atoms. The van der Waals surface area contributed by atoms with Crippen molar-refractivity contribution in [2.45, 2.75) is 4.90 Å². The zero-order valence-electron chi connectivity index (χ0n) is 15.5. The summed E-state index contributed by atoms with van der Waals surface area (Å²) in [4.78, 5) is 13.2. The summed E-state index contributed by atoms with van der Waals surface area (Å²) in [6.07, 6.45) is 0. The van der Waals surface area contributed by atoms with Crippen molar-refractivity contribution < 1.29 is 27.2 Å². The molecule has 1 fully saturated rings. The molecule has 1 aliphatic heterocycles. The number of piperazine rings is 1. The Morgan fingerprint density at radius 3 is 2.57 bits per heavy atom. The zero-order valence-corrected chi connectivity index (χ0v) is 16.3. The van der Waals surface area contributed by atoms with E-state index in [1.54, 1.807) is 31.4 Å². The SMILES string of the molecule is COc1cccc(NC(=O)C[NH+]2CCN(S(=O)(=O)c3cccc(F)c3)CC2)c1. The van der Waals surface area contributed by atoms with Gasteiger partial charge < -0.3 is 15.0 Å². The summed E-state index contributed by atoms with van der Waals surface area (Å²) < 4.78 is 45.1. The largest absolute Gasteiger partial charge is 0.497 e. The van der Waals surface area contributed by atoms with Gasteiger partial charge in [-0.15, -0.1) is 0 Å². The summed E-state index contributed by atoms with van der Waals surface area (Å²) in [5.74, 6) is -0.0782. The number of hydrogen-bond donors (Lipinski definition) is 2. The van der Waals surface area contributed by atoms with Crippen molar-refractivity contribution in [1.82, 2.24) is 4.31 Å². The second-order valence-electron chi connectivity index (χ2n) is 6.57. The highest BCUT2D eigenvalue weighted by Crippen LogP contribution is 2.17. The van der Waals surface area contributed by atoms with Crippen LogP contribution in [0.4, 0.5) is 10.1 Å². The van der Waals surface area contributed by atoms with Gasteiger partial charge in [-0.2, -0.15) is 4.31 Å². The minimum Gasteiger partial charge on any atom is -0.497 e. The average Bonchev–Trinajstić information content (AvgIpc) is 2.68. The third-order valence-electron chi connectivity index (χ3n) is 4.63. The minimum absolute atomic E-state index is 0.0493. The van der Waals surface area contributed by atoms with Crippen LogP contribution in [0, 0.1) is 5.82 Å². The number of nitrogens with one attached hydrogen (secondary N) is 2. The molecule has 0 bridgehead atoms. The van der Waals surface area contributed by atoms with E-state index in [9.17, 15) is 17.6 Å². The van der Waals surface area contributed by atoms with Gasteiger partial charge in [-0.25, -0.2) is 12.8 Å². The highest BCUT2D eigenvalue weighted by atomic mass is 32.2. The number of hydrogen-bond acceptors (Lipinski definition) is 4. The molecule has 0 radical (unpaired) electrons. The van der Waals surface area contributed by atoms with Crippen LogP contribution >= 0.6 is 0 Å². The number of benzene rings is 2. The lowest BCUT2D eigenvalue weighted by Crippen LogP contribution is -3.15. The standard InChI is InChI=1S/C19H22FN3O4S/c1-27-17-6-3-5-16(13-17)21-19(24)14-22-8-10-23(11-9-22)28(25,26)18-7-2-4-15(20)12-18/h2-7,12-13H,8-11,14H2,1H3,(H,21,24)/p+1. The first kappa shape index (κ1) is 20.2. The molecular weight excluding hydrogens is 385 g/mol. The third kappa shape index (κ3) is 4.86. The quantitative estimate of drug-likeness (QED) is 0.724. The Hall–Kier alpha value is -2.49. The zero-order chi connectivity index (χ0) is 20.1. The number of amides is 1. The van der Waals surface area contributed by atoms with Gasteiger partial charge in [-0.05, 0) is 30.3 Å². The number of anilines is 1. The van der Waals surface area contributed by atoms with Crippen molar-refractivity contribution >= 4 is 21.6 Å². The molecule has 2 aromatic carbocycles. The lowest BCUT2D eigenvalue weighted by molar-refractivity contribution is -0.895. The maximum atomic E-state index is 13.4. The van der Waals surface area contributed by atoms with E-state index in [0.29, 0.717) is 24.5 Å². The first-order chi connectivity index (χ1) is 13.4. The molecule has 0 aliphatic carbocycles. The molecule has 0 unspecified atom stereocenters. The van der Waals surface area contributed by atoms with E-state index in [-0.39, 0.29) is 30.4 Å². The smallest absolute Gasteiger partial charge is 0.279 e. The molecule has 9 heteroatoms. The second-order valence-corrected chi connectivity index (χ2v) is 8.51. The van der Waals surface area contributed by atoms with Gasteiger partial charge in [0.2, 0.25) is 10.0 Å². The van der Waals surface area contributed by atoms with Crippen molar-refractivity contribution in [1.29, 1.82) is 0 Å². The molecule has 150 valence electrons. The number of carbonyl (C=O) groups is 1. The Kier molecular flexibility index (Phi) is 6.28. The third-order valence-corrected chi connectivity index (χ3v) is 6.52. The van der Waals surface area contributed by atoms with Gasteiger partial charge >= 0.3 is 0 Å². The maximum Gasteiger partial charge on any atom is 0.279 e. The number of rotatable bonds is 6. The highest BCUT2D eigenvalue weighted by Gasteiger charge is 2.31. The fourth-order valence-corrected chi connectivity index (χ4v) is 4.60. The number of quaternary nitrogens is 1.